The Kier molecular flexibility index (Phi) is 5.64. The van der Waals surface area contributed by atoms with E-state index < -0.39 is 11.5 Å². The Hall–Kier alpha value is -1.60. The molecule has 2 aromatic rings. The molecule has 1 heterocycles. The summed E-state index contributed by atoms with van der Waals surface area (Å²) in [6.07, 6.45) is -0.0950. The van der Waals surface area contributed by atoms with Gasteiger partial charge in [0.2, 0.25) is 5.91 Å². The maximum Gasteiger partial charge on any atom is 0.305 e. The molecular weight excluding hydrogens is 332 g/mol. The van der Waals surface area contributed by atoms with E-state index in [1.165, 1.54) is 11.8 Å². The number of nitrogens with zero attached hydrogens (tertiary/aromatic N) is 1. The SMILES string of the molecule is CC(C)C(C)(CC(=O)O)NC(=O)CSc1nc2ccccc2s1. The van der Waals surface area contributed by atoms with E-state index in [1.807, 2.05) is 38.1 Å². The van der Waals surface area contributed by atoms with Gasteiger partial charge in [-0.2, -0.15) is 0 Å². The number of rotatable bonds is 7. The lowest BCUT2D eigenvalue weighted by atomic mass is 9.85. The average molecular weight is 352 g/mol. The number of aromatic nitrogens is 1. The molecule has 0 bridgehead atoms. The number of hydrogen-bond donors (Lipinski definition) is 2. The summed E-state index contributed by atoms with van der Waals surface area (Å²) in [6, 6.07) is 7.84. The standard InChI is InChI=1S/C16H20N2O3S2/c1-10(2)16(3,8-14(20)21)18-13(19)9-22-15-17-11-6-4-5-7-12(11)23-15/h4-7,10H,8-9H2,1-3H3,(H,18,19)(H,20,21). The Balaban J connectivity index is 1.97. The molecule has 0 fully saturated rings. The molecule has 5 nitrogen and oxygen atoms in total. The number of para-hydroxylation sites is 1. The molecule has 0 aliphatic rings. The lowest BCUT2D eigenvalue weighted by molar-refractivity contribution is -0.139. The number of thiazole rings is 1. The number of hydrogen-bond acceptors (Lipinski definition) is 5. The van der Waals surface area contributed by atoms with E-state index >= 15 is 0 Å². The van der Waals surface area contributed by atoms with Gasteiger partial charge in [0.15, 0.2) is 4.34 Å². The summed E-state index contributed by atoms with van der Waals surface area (Å²) >= 11 is 2.93. The van der Waals surface area contributed by atoms with Crippen molar-refractivity contribution in [1.29, 1.82) is 0 Å². The zero-order valence-corrected chi connectivity index (χ0v) is 15.0. The van der Waals surface area contributed by atoms with Crippen molar-refractivity contribution in [3.8, 4) is 0 Å². The lowest BCUT2D eigenvalue weighted by Gasteiger charge is -2.33. The van der Waals surface area contributed by atoms with Crippen LogP contribution in [0.3, 0.4) is 0 Å². The molecule has 0 saturated carbocycles. The molecule has 23 heavy (non-hydrogen) atoms. The molecule has 2 N–H and O–H groups in total. The van der Waals surface area contributed by atoms with Crippen LogP contribution in [0.4, 0.5) is 0 Å². The molecule has 124 valence electrons. The summed E-state index contributed by atoms with van der Waals surface area (Å²) in [5, 5.41) is 11.9. The molecule has 0 aliphatic carbocycles. The van der Waals surface area contributed by atoms with Crippen LogP contribution in [0.1, 0.15) is 27.2 Å². The second-order valence-corrected chi connectivity index (χ2v) is 8.18. The van der Waals surface area contributed by atoms with Gasteiger partial charge in [-0.15, -0.1) is 11.3 Å². The molecule has 0 radical (unpaired) electrons. The summed E-state index contributed by atoms with van der Waals surface area (Å²) in [5.41, 5.74) is 0.176. The van der Waals surface area contributed by atoms with E-state index in [-0.39, 0.29) is 24.0 Å². The Labute approximate surface area is 143 Å². The number of benzene rings is 1. The number of amides is 1. The number of carboxylic acid groups (broad SMARTS) is 1. The van der Waals surface area contributed by atoms with Gasteiger partial charge in [0.05, 0.1) is 22.4 Å². The third-order valence-corrected chi connectivity index (χ3v) is 6.00. The molecule has 1 unspecified atom stereocenters. The fraction of sp³-hybridized carbons (Fsp3) is 0.438. The van der Waals surface area contributed by atoms with Crippen LogP contribution in [0.5, 0.6) is 0 Å². The highest BCUT2D eigenvalue weighted by Crippen LogP contribution is 2.29. The zero-order chi connectivity index (χ0) is 17.0. The van der Waals surface area contributed by atoms with Gasteiger partial charge in [0.1, 0.15) is 0 Å². The fourth-order valence-corrected chi connectivity index (χ4v) is 3.97. The first-order chi connectivity index (χ1) is 10.8. The van der Waals surface area contributed by atoms with Crippen molar-refractivity contribution in [2.75, 3.05) is 5.75 Å². The van der Waals surface area contributed by atoms with Gasteiger partial charge in [0.25, 0.3) is 0 Å². The minimum Gasteiger partial charge on any atom is -0.481 e. The monoisotopic (exact) mass is 352 g/mol. The van der Waals surface area contributed by atoms with Crippen LogP contribution >= 0.6 is 23.1 Å². The Morgan fingerprint density at radius 3 is 2.70 bits per heavy atom. The van der Waals surface area contributed by atoms with Crippen molar-refractivity contribution in [2.24, 2.45) is 5.92 Å². The number of carbonyl (C=O) groups excluding carboxylic acids is 1. The van der Waals surface area contributed by atoms with E-state index in [0.29, 0.717) is 0 Å². The van der Waals surface area contributed by atoms with Crippen molar-refractivity contribution in [2.45, 2.75) is 37.1 Å². The minimum atomic E-state index is -0.916. The van der Waals surface area contributed by atoms with Gasteiger partial charge >= 0.3 is 5.97 Å². The van der Waals surface area contributed by atoms with Crippen molar-refractivity contribution < 1.29 is 14.7 Å². The highest BCUT2D eigenvalue weighted by molar-refractivity contribution is 8.01. The van der Waals surface area contributed by atoms with Gasteiger partial charge in [-0.3, -0.25) is 9.59 Å². The molecule has 1 atom stereocenters. The number of carbonyl (C=O) groups is 2. The normalized spacial score (nSPS) is 13.9. The summed E-state index contributed by atoms with van der Waals surface area (Å²) in [4.78, 5) is 27.7. The number of aliphatic carboxylic acids is 1. The van der Waals surface area contributed by atoms with Crippen LogP contribution in [0, 0.1) is 5.92 Å². The van der Waals surface area contributed by atoms with Crippen LogP contribution < -0.4 is 5.32 Å². The van der Waals surface area contributed by atoms with Gasteiger partial charge in [-0.25, -0.2) is 4.98 Å². The summed E-state index contributed by atoms with van der Waals surface area (Å²) in [7, 11) is 0. The van der Waals surface area contributed by atoms with E-state index in [0.717, 1.165) is 14.6 Å². The quantitative estimate of drug-likeness (QED) is 0.747. The van der Waals surface area contributed by atoms with Crippen LogP contribution in [0.25, 0.3) is 10.2 Å². The molecule has 1 amide bonds. The van der Waals surface area contributed by atoms with Crippen LogP contribution in [0.2, 0.25) is 0 Å². The van der Waals surface area contributed by atoms with Crippen LogP contribution in [0.15, 0.2) is 28.6 Å². The molecule has 0 spiro atoms. The molecule has 0 saturated heterocycles. The Morgan fingerprint density at radius 1 is 1.39 bits per heavy atom. The number of thioether (sulfide) groups is 1. The Bertz CT molecular complexity index is 681. The maximum absolute atomic E-state index is 12.2. The van der Waals surface area contributed by atoms with E-state index in [2.05, 4.69) is 10.3 Å². The third-order valence-electron chi connectivity index (χ3n) is 3.82. The molecule has 0 aliphatic heterocycles. The largest absolute Gasteiger partial charge is 0.481 e. The predicted molar refractivity (Wildman–Crippen MR) is 94.0 cm³/mol. The van der Waals surface area contributed by atoms with Crippen LogP contribution in [-0.2, 0) is 9.59 Å². The van der Waals surface area contributed by atoms with E-state index in [9.17, 15) is 9.59 Å². The number of fused-ring (bicyclic) bond motifs is 1. The lowest BCUT2D eigenvalue weighted by Crippen LogP contribution is -2.51. The molecule has 1 aromatic carbocycles. The number of nitrogens with one attached hydrogen (secondary N) is 1. The third kappa shape index (κ3) is 4.68. The van der Waals surface area contributed by atoms with Crippen molar-refractivity contribution in [1.82, 2.24) is 10.3 Å². The second kappa shape index (κ2) is 7.31. The van der Waals surface area contributed by atoms with Crippen LogP contribution in [-0.4, -0.2) is 33.3 Å². The number of carboxylic acids is 1. The highest BCUT2D eigenvalue weighted by atomic mass is 32.2. The molecular formula is C16H20N2O3S2. The van der Waals surface area contributed by atoms with Gasteiger partial charge in [-0.1, -0.05) is 37.7 Å². The Morgan fingerprint density at radius 2 is 2.09 bits per heavy atom. The highest BCUT2D eigenvalue weighted by Gasteiger charge is 2.32. The molecule has 7 heteroatoms. The topological polar surface area (TPSA) is 79.3 Å². The summed E-state index contributed by atoms with van der Waals surface area (Å²) in [6.45, 7) is 5.58. The minimum absolute atomic E-state index is 0.0231. The second-order valence-electron chi connectivity index (χ2n) is 5.93. The molecule has 2 rings (SSSR count). The van der Waals surface area contributed by atoms with E-state index in [4.69, 9.17) is 5.11 Å². The van der Waals surface area contributed by atoms with Crippen molar-refractivity contribution in [3.63, 3.8) is 0 Å². The van der Waals surface area contributed by atoms with Gasteiger partial charge < -0.3 is 10.4 Å². The van der Waals surface area contributed by atoms with Gasteiger partial charge in [-0.05, 0) is 25.0 Å². The summed E-state index contributed by atoms with van der Waals surface area (Å²) in [5.74, 6) is -0.844. The first-order valence-electron chi connectivity index (χ1n) is 7.31. The predicted octanol–water partition coefficient (Wildman–Crippen LogP) is 3.39. The van der Waals surface area contributed by atoms with Crippen molar-refractivity contribution in [3.05, 3.63) is 24.3 Å². The first kappa shape index (κ1) is 17.7. The smallest absolute Gasteiger partial charge is 0.305 e. The fourth-order valence-electron chi connectivity index (χ4n) is 2.10. The first-order valence-corrected chi connectivity index (χ1v) is 9.11. The zero-order valence-electron chi connectivity index (χ0n) is 13.3. The molecule has 1 aromatic heterocycles. The van der Waals surface area contributed by atoms with E-state index in [1.54, 1.807) is 18.3 Å². The van der Waals surface area contributed by atoms with Gasteiger partial charge in [0, 0.05) is 5.54 Å². The maximum atomic E-state index is 12.2. The van der Waals surface area contributed by atoms with Crippen molar-refractivity contribution >= 4 is 45.2 Å². The average Bonchev–Trinajstić information content (AvgIpc) is 2.86. The summed E-state index contributed by atoms with van der Waals surface area (Å²) < 4.78 is 1.93.